The highest BCUT2D eigenvalue weighted by Gasteiger charge is 2.10. The number of nitrogens with one attached hydrogen (secondary N) is 1. The smallest absolute Gasteiger partial charge is 0.152 e. The third-order valence-corrected chi connectivity index (χ3v) is 4.17. The summed E-state index contributed by atoms with van der Waals surface area (Å²) >= 11 is 3.34. The van der Waals surface area contributed by atoms with Crippen LogP contribution in [-0.4, -0.2) is 16.5 Å². The van der Waals surface area contributed by atoms with Gasteiger partial charge in [0.05, 0.1) is 0 Å². The third kappa shape index (κ3) is 2.42. The summed E-state index contributed by atoms with van der Waals surface area (Å²) in [5, 5.41) is 7.38. The minimum Gasteiger partial charge on any atom is -0.310 e. The van der Waals surface area contributed by atoms with Crippen molar-refractivity contribution in [1.29, 1.82) is 0 Å². The fraction of sp³-hybridized carbons (Fsp3) is 0.400. The van der Waals surface area contributed by atoms with E-state index in [1.807, 2.05) is 17.8 Å². The molecule has 15 heavy (non-hydrogen) atoms. The molecule has 2 aromatic rings. The normalized spacial score (nSPS) is 12.9. The maximum absolute atomic E-state index is 4.39. The Morgan fingerprint density at radius 1 is 1.40 bits per heavy atom. The Kier molecular flexibility index (Phi) is 3.45. The van der Waals surface area contributed by atoms with Gasteiger partial charge < -0.3 is 5.32 Å². The molecule has 2 heterocycles. The number of hydrogen-bond acceptors (Lipinski definition) is 5. The van der Waals surface area contributed by atoms with Crippen molar-refractivity contribution in [1.82, 2.24) is 15.3 Å². The lowest BCUT2D eigenvalue weighted by Gasteiger charge is -2.07. The molecule has 2 aromatic heterocycles. The molecule has 0 spiro atoms. The number of nitrogens with zero attached hydrogens (tertiary/aromatic N) is 2. The SMILES string of the molecule is CCNC(C)c1cnc(-c2nccs2)s1. The van der Waals surface area contributed by atoms with Gasteiger partial charge in [0.1, 0.15) is 0 Å². The predicted molar refractivity (Wildman–Crippen MR) is 65.3 cm³/mol. The zero-order valence-corrected chi connectivity index (χ0v) is 10.4. The van der Waals surface area contributed by atoms with Gasteiger partial charge in [0.25, 0.3) is 0 Å². The standard InChI is InChI=1S/C10H13N3S2/c1-3-11-7(2)8-6-13-10(15-8)9-12-4-5-14-9/h4-7,11H,3H2,1-2H3. The van der Waals surface area contributed by atoms with Gasteiger partial charge in [-0.1, -0.05) is 6.92 Å². The van der Waals surface area contributed by atoms with Gasteiger partial charge in [-0.05, 0) is 13.5 Å². The molecule has 80 valence electrons. The third-order valence-electron chi connectivity index (χ3n) is 2.08. The number of rotatable bonds is 4. The second-order valence-corrected chi connectivity index (χ2v) is 5.14. The molecule has 2 rings (SSSR count). The Morgan fingerprint density at radius 2 is 2.27 bits per heavy atom. The number of thiazole rings is 2. The van der Waals surface area contributed by atoms with Crippen LogP contribution in [0.5, 0.6) is 0 Å². The molecule has 5 heteroatoms. The molecule has 1 N–H and O–H groups in total. The maximum atomic E-state index is 4.39. The van der Waals surface area contributed by atoms with Crippen molar-refractivity contribution in [3.63, 3.8) is 0 Å². The lowest BCUT2D eigenvalue weighted by Crippen LogP contribution is -2.16. The van der Waals surface area contributed by atoms with Gasteiger partial charge in [0.15, 0.2) is 10.0 Å². The van der Waals surface area contributed by atoms with E-state index in [0.29, 0.717) is 6.04 Å². The van der Waals surface area contributed by atoms with Crippen molar-refractivity contribution < 1.29 is 0 Å². The van der Waals surface area contributed by atoms with Crippen LogP contribution < -0.4 is 5.32 Å². The summed E-state index contributed by atoms with van der Waals surface area (Å²) in [6.07, 6.45) is 3.75. The van der Waals surface area contributed by atoms with Crippen molar-refractivity contribution in [2.45, 2.75) is 19.9 Å². The zero-order valence-electron chi connectivity index (χ0n) is 8.73. The first-order valence-corrected chi connectivity index (χ1v) is 6.60. The lowest BCUT2D eigenvalue weighted by atomic mass is 10.3. The van der Waals surface area contributed by atoms with Crippen LogP contribution in [0.4, 0.5) is 0 Å². The molecule has 0 saturated carbocycles. The van der Waals surface area contributed by atoms with E-state index in [2.05, 4.69) is 29.1 Å². The van der Waals surface area contributed by atoms with Crippen LogP contribution in [0.25, 0.3) is 10.0 Å². The second-order valence-electron chi connectivity index (χ2n) is 3.18. The van der Waals surface area contributed by atoms with Crippen molar-refractivity contribution in [2.24, 2.45) is 0 Å². The zero-order chi connectivity index (χ0) is 10.7. The van der Waals surface area contributed by atoms with E-state index in [1.54, 1.807) is 22.7 Å². The van der Waals surface area contributed by atoms with Gasteiger partial charge >= 0.3 is 0 Å². The van der Waals surface area contributed by atoms with Gasteiger partial charge in [-0.15, -0.1) is 22.7 Å². The quantitative estimate of drug-likeness (QED) is 0.891. The largest absolute Gasteiger partial charge is 0.310 e. The van der Waals surface area contributed by atoms with Crippen LogP contribution in [0.1, 0.15) is 24.8 Å². The molecule has 1 atom stereocenters. The highest BCUT2D eigenvalue weighted by atomic mass is 32.1. The van der Waals surface area contributed by atoms with Crippen LogP contribution in [0.2, 0.25) is 0 Å². The molecular formula is C10H13N3S2. The molecule has 3 nitrogen and oxygen atoms in total. The highest BCUT2D eigenvalue weighted by molar-refractivity contribution is 7.20. The van der Waals surface area contributed by atoms with Gasteiger partial charge in [-0.2, -0.15) is 0 Å². The summed E-state index contributed by atoms with van der Waals surface area (Å²) in [4.78, 5) is 9.91. The fourth-order valence-corrected chi connectivity index (χ4v) is 2.95. The van der Waals surface area contributed by atoms with Crippen molar-refractivity contribution in [3.8, 4) is 10.0 Å². The van der Waals surface area contributed by atoms with E-state index in [4.69, 9.17) is 0 Å². The summed E-state index contributed by atoms with van der Waals surface area (Å²) in [5.74, 6) is 0. The van der Waals surface area contributed by atoms with Crippen LogP contribution >= 0.6 is 22.7 Å². The van der Waals surface area contributed by atoms with E-state index in [-0.39, 0.29) is 0 Å². The molecule has 0 aliphatic carbocycles. The summed E-state index contributed by atoms with van der Waals surface area (Å²) in [6, 6.07) is 0.376. The first-order chi connectivity index (χ1) is 7.31. The number of aromatic nitrogens is 2. The Balaban J connectivity index is 2.17. The number of hydrogen-bond donors (Lipinski definition) is 1. The Labute approximate surface area is 97.2 Å². The monoisotopic (exact) mass is 239 g/mol. The highest BCUT2D eigenvalue weighted by Crippen LogP contribution is 2.29. The van der Waals surface area contributed by atoms with Crippen molar-refractivity contribution in [2.75, 3.05) is 6.54 Å². The van der Waals surface area contributed by atoms with E-state index >= 15 is 0 Å². The van der Waals surface area contributed by atoms with E-state index in [9.17, 15) is 0 Å². The van der Waals surface area contributed by atoms with Crippen molar-refractivity contribution >= 4 is 22.7 Å². The second kappa shape index (κ2) is 4.83. The average molecular weight is 239 g/mol. The Hall–Kier alpha value is -0.780. The topological polar surface area (TPSA) is 37.8 Å². The van der Waals surface area contributed by atoms with Gasteiger partial charge in [0, 0.05) is 28.7 Å². The van der Waals surface area contributed by atoms with E-state index in [0.717, 1.165) is 16.6 Å². The predicted octanol–water partition coefficient (Wildman–Crippen LogP) is 2.94. The average Bonchev–Trinajstić information content (AvgIpc) is 2.89. The van der Waals surface area contributed by atoms with Crippen LogP contribution in [0.3, 0.4) is 0 Å². The minimum atomic E-state index is 0.376. The molecule has 0 aromatic carbocycles. The van der Waals surface area contributed by atoms with Crippen molar-refractivity contribution in [3.05, 3.63) is 22.7 Å². The Morgan fingerprint density at radius 3 is 2.93 bits per heavy atom. The van der Waals surface area contributed by atoms with Gasteiger partial charge in [-0.25, -0.2) is 9.97 Å². The maximum Gasteiger partial charge on any atom is 0.152 e. The van der Waals surface area contributed by atoms with Gasteiger partial charge in [0.2, 0.25) is 0 Å². The summed E-state index contributed by atoms with van der Waals surface area (Å²) in [7, 11) is 0. The van der Waals surface area contributed by atoms with Crippen LogP contribution in [0, 0.1) is 0 Å². The van der Waals surface area contributed by atoms with Crippen LogP contribution in [-0.2, 0) is 0 Å². The fourth-order valence-electron chi connectivity index (χ4n) is 1.32. The summed E-state index contributed by atoms with van der Waals surface area (Å²) < 4.78 is 0. The lowest BCUT2D eigenvalue weighted by molar-refractivity contribution is 0.606. The molecular weight excluding hydrogens is 226 g/mol. The summed E-state index contributed by atoms with van der Waals surface area (Å²) in [6.45, 7) is 5.24. The van der Waals surface area contributed by atoms with E-state index < -0.39 is 0 Å². The minimum absolute atomic E-state index is 0.376. The van der Waals surface area contributed by atoms with Crippen LogP contribution in [0.15, 0.2) is 17.8 Å². The molecule has 1 unspecified atom stereocenters. The van der Waals surface area contributed by atoms with E-state index in [1.165, 1.54) is 4.88 Å². The Bertz CT molecular complexity index is 408. The molecule has 0 bridgehead atoms. The molecule has 0 saturated heterocycles. The molecule has 0 amide bonds. The molecule has 0 aliphatic heterocycles. The first kappa shape index (κ1) is 10.7. The molecule has 0 fully saturated rings. The molecule has 0 aliphatic rings. The van der Waals surface area contributed by atoms with Gasteiger partial charge in [-0.3, -0.25) is 0 Å². The molecule has 0 radical (unpaired) electrons. The summed E-state index contributed by atoms with van der Waals surface area (Å²) in [5.41, 5.74) is 0. The first-order valence-electron chi connectivity index (χ1n) is 4.90.